The second-order valence-corrected chi connectivity index (χ2v) is 6.38. The summed E-state index contributed by atoms with van der Waals surface area (Å²) in [7, 11) is 0. The van der Waals surface area contributed by atoms with E-state index in [0.29, 0.717) is 12.1 Å². The lowest BCUT2D eigenvalue weighted by Crippen LogP contribution is -2.42. The average molecular weight is 373 g/mol. The lowest BCUT2D eigenvalue weighted by atomic mass is 9.82. The number of amides is 1. The molecule has 0 unspecified atom stereocenters. The van der Waals surface area contributed by atoms with Gasteiger partial charge in [-0.2, -0.15) is 18.3 Å². The van der Waals surface area contributed by atoms with Crippen LogP contribution in [0.15, 0.2) is 18.2 Å². The highest BCUT2D eigenvalue weighted by Gasteiger charge is 2.53. The summed E-state index contributed by atoms with van der Waals surface area (Å²) in [4.78, 5) is 23.6. The summed E-state index contributed by atoms with van der Waals surface area (Å²) < 4.78 is 44.5. The Morgan fingerprint density at radius 2 is 1.96 bits per heavy atom. The smallest absolute Gasteiger partial charge is 0.435 e. The standard InChI is InChI=1S/C16H18F3N3O4/c1-8-7-11(16(17,18)19)21-22(8)6-2-5-20-14(23)12-9-3-4-10(26-9)13(12)15(24)25/h3-4,7,9-10,12-13H,2,5-6H2,1H3,(H,20,23)(H,24,25)/t9-,10-,12-,13-/m0/s1. The van der Waals surface area contributed by atoms with E-state index in [-0.39, 0.29) is 13.1 Å². The van der Waals surface area contributed by atoms with Crippen LogP contribution in [0.5, 0.6) is 0 Å². The molecule has 3 rings (SSSR count). The highest BCUT2D eigenvalue weighted by molar-refractivity contribution is 5.87. The third kappa shape index (κ3) is 3.46. The maximum atomic E-state index is 12.6. The zero-order chi connectivity index (χ0) is 19.1. The van der Waals surface area contributed by atoms with Crippen LogP contribution in [-0.4, -0.2) is 45.5 Å². The van der Waals surface area contributed by atoms with Gasteiger partial charge in [-0.15, -0.1) is 0 Å². The first-order valence-corrected chi connectivity index (χ1v) is 8.14. The molecule has 0 saturated carbocycles. The molecule has 2 aliphatic rings. The summed E-state index contributed by atoms with van der Waals surface area (Å²) >= 11 is 0. The van der Waals surface area contributed by atoms with Gasteiger partial charge in [0, 0.05) is 18.8 Å². The number of ether oxygens (including phenoxy) is 1. The van der Waals surface area contributed by atoms with Gasteiger partial charge in [-0.05, 0) is 19.4 Å². The van der Waals surface area contributed by atoms with Crippen molar-refractivity contribution in [2.45, 2.75) is 38.3 Å². The normalized spacial score (nSPS) is 27.1. The van der Waals surface area contributed by atoms with Crippen molar-refractivity contribution >= 4 is 11.9 Å². The van der Waals surface area contributed by atoms with Gasteiger partial charge >= 0.3 is 12.1 Å². The highest BCUT2D eigenvalue weighted by Crippen LogP contribution is 2.39. The molecule has 142 valence electrons. The Balaban J connectivity index is 1.51. The number of halogens is 3. The zero-order valence-corrected chi connectivity index (χ0v) is 13.9. The van der Waals surface area contributed by atoms with Crippen LogP contribution >= 0.6 is 0 Å². The summed E-state index contributed by atoms with van der Waals surface area (Å²) in [6, 6.07) is 0.967. The fourth-order valence-corrected chi connectivity index (χ4v) is 3.35. The summed E-state index contributed by atoms with van der Waals surface area (Å²) in [5, 5.41) is 15.4. The van der Waals surface area contributed by atoms with Gasteiger partial charge in [-0.3, -0.25) is 14.3 Å². The van der Waals surface area contributed by atoms with Gasteiger partial charge in [0.1, 0.15) is 5.92 Å². The van der Waals surface area contributed by atoms with Crippen molar-refractivity contribution in [1.29, 1.82) is 0 Å². The van der Waals surface area contributed by atoms with E-state index in [1.807, 2.05) is 0 Å². The van der Waals surface area contributed by atoms with Crippen molar-refractivity contribution in [3.05, 3.63) is 29.6 Å². The van der Waals surface area contributed by atoms with Crippen molar-refractivity contribution in [3.8, 4) is 0 Å². The first-order chi connectivity index (χ1) is 12.2. The number of carboxylic acid groups (broad SMARTS) is 1. The zero-order valence-electron chi connectivity index (χ0n) is 13.9. The Morgan fingerprint density at radius 1 is 1.31 bits per heavy atom. The number of rotatable bonds is 6. The monoisotopic (exact) mass is 373 g/mol. The Bertz CT molecular complexity index is 744. The van der Waals surface area contributed by atoms with Crippen molar-refractivity contribution in [2.24, 2.45) is 11.8 Å². The van der Waals surface area contributed by atoms with Gasteiger partial charge in [-0.1, -0.05) is 12.2 Å². The largest absolute Gasteiger partial charge is 0.481 e. The number of aryl methyl sites for hydroxylation is 2. The van der Waals surface area contributed by atoms with Gasteiger partial charge in [-0.25, -0.2) is 0 Å². The number of fused-ring (bicyclic) bond motifs is 2. The van der Waals surface area contributed by atoms with Crippen molar-refractivity contribution in [2.75, 3.05) is 6.54 Å². The number of carboxylic acids is 1. The van der Waals surface area contributed by atoms with Crippen LogP contribution in [-0.2, 0) is 27.0 Å². The molecule has 1 amide bonds. The molecule has 10 heteroatoms. The number of carbonyl (C=O) groups is 2. The predicted molar refractivity (Wildman–Crippen MR) is 82.0 cm³/mol. The van der Waals surface area contributed by atoms with Gasteiger partial charge in [0.05, 0.1) is 18.1 Å². The van der Waals surface area contributed by atoms with E-state index in [0.717, 1.165) is 6.07 Å². The third-order valence-electron chi connectivity index (χ3n) is 4.60. The van der Waals surface area contributed by atoms with Crippen molar-refractivity contribution in [1.82, 2.24) is 15.1 Å². The minimum atomic E-state index is -4.49. The molecule has 7 nitrogen and oxygen atoms in total. The van der Waals surface area contributed by atoms with Crippen LogP contribution in [0.1, 0.15) is 17.8 Å². The van der Waals surface area contributed by atoms with E-state index in [2.05, 4.69) is 10.4 Å². The molecule has 26 heavy (non-hydrogen) atoms. The molecule has 0 spiro atoms. The fourth-order valence-electron chi connectivity index (χ4n) is 3.35. The molecule has 1 saturated heterocycles. The Hall–Kier alpha value is -2.36. The van der Waals surface area contributed by atoms with Gasteiger partial charge in [0.15, 0.2) is 5.69 Å². The van der Waals surface area contributed by atoms with E-state index in [1.54, 1.807) is 12.2 Å². The maximum absolute atomic E-state index is 12.6. The van der Waals surface area contributed by atoms with Crippen LogP contribution < -0.4 is 5.32 Å². The molecule has 1 aromatic rings. The molecule has 3 heterocycles. The molecule has 1 aromatic heterocycles. The number of carbonyl (C=O) groups excluding carboxylic acids is 1. The van der Waals surface area contributed by atoms with Crippen LogP contribution in [0, 0.1) is 18.8 Å². The summed E-state index contributed by atoms with van der Waals surface area (Å²) in [5.74, 6) is -3.24. The lowest BCUT2D eigenvalue weighted by molar-refractivity contribution is -0.146. The number of aromatic nitrogens is 2. The van der Waals surface area contributed by atoms with E-state index >= 15 is 0 Å². The number of alkyl halides is 3. The molecule has 1 fully saturated rings. The summed E-state index contributed by atoms with van der Waals surface area (Å²) in [6.07, 6.45) is -1.96. The number of nitrogens with one attached hydrogen (secondary N) is 1. The Labute approximate surface area is 146 Å². The van der Waals surface area contributed by atoms with E-state index < -0.39 is 47.8 Å². The second kappa shape index (κ2) is 6.75. The highest BCUT2D eigenvalue weighted by atomic mass is 19.4. The molecule has 0 radical (unpaired) electrons. The van der Waals surface area contributed by atoms with E-state index in [4.69, 9.17) is 4.74 Å². The minimum Gasteiger partial charge on any atom is -0.481 e. The molecular weight excluding hydrogens is 355 g/mol. The number of hydrogen-bond donors (Lipinski definition) is 2. The molecule has 2 bridgehead atoms. The van der Waals surface area contributed by atoms with E-state index in [9.17, 15) is 27.9 Å². The molecule has 0 aromatic carbocycles. The van der Waals surface area contributed by atoms with Crippen LogP contribution in [0.25, 0.3) is 0 Å². The van der Waals surface area contributed by atoms with Gasteiger partial charge < -0.3 is 15.2 Å². The molecular formula is C16H18F3N3O4. The lowest BCUT2D eigenvalue weighted by Gasteiger charge is -2.21. The van der Waals surface area contributed by atoms with Crippen molar-refractivity contribution in [3.63, 3.8) is 0 Å². The van der Waals surface area contributed by atoms with Gasteiger partial charge in [0.2, 0.25) is 5.91 Å². The third-order valence-corrected chi connectivity index (χ3v) is 4.60. The molecule has 2 aliphatic heterocycles. The fraction of sp³-hybridized carbons (Fsp3) is 0.562. The molecule has 2 N–H and O–H groups in total. The number of nitrogens with zero attached hydrogens (tertiary/aromatic N) is 2. The average Bonchev–Trinajstić information content (AvgIpc) is 3.24. The van der Waals surface area contributed by atoms with Gasteiger partial charge in [0.25, 0.3) is 0 Å². The predicted octanol–water partition coefficient (Wildman–Crippen LogP) is 1.37. The van der Waals surface area contributed by atoms with Crippen LogP contribution in [0.2, 0.25) is 0 Å². The Morgan fingerprint density at radius 3 is 2.54 bits per heavy atom. The SMILES string of the molecule is Cc1cc(C(F)(F)F)nn1CCCNC(=O)[C@@H]1[C@@H](C(=O)O)[C@@H]2C=C[C@@H]1O2. The second-order valence-electron chi connectivity index (χ2n) is 6.38. The molecule has 4 atom stereocenters. The van der Waals surface area contributed by atoms with Crippen molar-refractivity contribution < 1.29 is 32.6 Å². The topological polar surface area (TPSA) is 93.5 Å². The first-order valence-electron chi connectivity index (χ1n) is 8.14. The maximum Gasteiger partial charge on any atom is 0.435 e. The summed E-state index contributed by atoms with van der Waals surface area (Å²) in [6.45, 7) is 1.93. The number of hydrogen-bond acceptors (Lipinski definition) is 4. The molecule has 0 aliphatic carbocycles. The number of aliphatic carboxylic acids is 1. The van der Waals surface area contributed by atoms with Crippen LogP contribution in [0.3, 0.4) is 0 Å². The Kier molecular flexibility index (Phi) is 4.78. The van der Waals surface area contributed by atoms with Crippen LogP contribution in [0.4, 0.5) is 13.2 Å². The quantitative estimate of drug-likeness (QED) is 0.580. The first kappa shape index (κ1) is 18.4. The minimum absolute atomic E-state index is 0.198. The van der Waals surface area contributed by atoms with E-state index in [1.165, 1.54) is 11.6 Å². The summed E-state index contributed by atoms with van der Waals surface area (Å²) in [5.41, 5.74) is -0.574.